The Morgan fingerprint density at radius 2 is 1.93 bits per heavy atom. The smallest absolute Gasteiger partial charge is 0.265 e. The van der Waals surface area contributed by atoms with Gasteiger partial charge >= 0.3 is 0 Å². The van der Waals surface area contributed by atoms with E-state index in [1.54, 1.807) is 49.4 Å². The van der Waals surface area contributed by atoms with Crippen molar-refractivity contribution in [2.45, 2.75) is 39.7 Å². The van der Waals surface area contributed by atoms with E-state index in [-0.39, 0.29) is 11.8 Å². The van der Waals surface area contributed by atoms with Crippen LogP contribution in [-0.2, 0) is 4.79 Å². The predicted molar refractivity (Wildman–Crippen MR) is 109 cm³/mol. The summed E-state index contributed by atoms with van der Waals surface area (Å²) < 4.78 is 5.69. The van der Waals surface area contributed by atoms with E-state index in [2.05, 4.69) is 17.6 Å². The summed E-state index contributed by atoms with van der Waals surface area (Å²) in [5, 5.41) is 6.28. The summed E-state index contributed by atoms with van der Waals surface area (Å²) in [7, 11) is 0. The van der Waals surface area contributed by atoms with Gasteiger partial charge in [0, 0.05) is 11.6 Å². The number of para-hydroxylation sites is 1. The summed E-state index contributed by atoms with van der Waals surface area (Å²) in [6.07, 6.45) is 1.17. The number of hydrogen-bond acceptors (Lipinski definition) is 3. The van der Waals surface area contributed by atoms with Crippen LogP contribution in [0.25, 0.3) is 0 Å². The number of aryl methyl sites for hydroxylation is 1. The number of ether oxygens (including phenoxy) is 1. The van der Waals surface area contributed by atoms with Crippen LogP contribution >= 0.6 is 11.6 Å². The number of hydrogen-bond donors (Lipinski definition) is 2. The molecule has 0 fully saturated rings. The zero-order chi connectivity index (χ0) is 19.8. The van der Waals surface area contributed by atoms with Gasteiger partial charge in [0.25, 0.3) is 11.8 Å². The first kappa shape index (κ1) is 20.8. The Morgan fingerprint density at radius 1 is 1.19 bits per heavy atom. The normalized spacial score (nSPS) is 11.6. The van der Waals surface area contributed by atoms with Crippen LogP contribution in [0.4, 0.5) is 5.69 Å². The van der Waals surface area contributed by atoms with Crippen LogP contribution < -0.4 is 15.4 Å². The standard InChI is InChI=1S/C21H25ClN2O3/c1-4-5-12-23-21(26)17-8-6-7-9-19(17)24-20(25)15(3)27-16-10-11-18(22)14(2)13-16/h6-11,13,15H,4-5,12H2,1-3H3,(H,23,26)(H,24,25)/t15-/m1/s1. The Morgan fingerprint density at radius 3 is 2.63 bits per heavy atom. The third-order valence-corrected chi connectivity index (χ3v) is 4.48. The van der Waals surface area contributed by atoms with Gasteiger partial charge in [0.05, 0.1) is 11.3 Å². The first-order valence-electron chi connectivity index (χ1n) is 9.03. The molecular weight excluding hydrogens is 364 g/mol. The van der Waals surface area contributed by atoms with E-state index in [0.717, 1.165) is 18.4 Å². The number of nitrogens with one attached hydrogen (secondary N) is 2. The highest BCUT2D eigenvalue weighted by atomic mass is 35.5. The number of unbranched alkanes of at least 4 members (excludes halogenated alkanes) is 1. The maximum absolute atomic E-state index is 12.5. The summed E-state index contributed by atoms with van der Waals surface area (Å²) in [5.74, 6) is 0.0165. The lowest BCUT2D eigenvalue weighted by molar-refractivity contribution is -0.122. The van der Waals surface area contributed by atoms with Gasteiger partial charge in [-0.2, -0.15) is 0 Å². The van der Waals surface area contributed by atoms with Crippen LogP contribution in [0.3, 0.4) is 0 Å². The predicted octanol–water partition coefficient (Wildman–Crippen LogP) is 4.58. The summed E-state index contributed by atoms with van der Waals surface area (Å²) >= 11 is 6.01. The van der Waals surface area contributed by atoms with Gasteiger partial charge in [-0.15, -0.1) is 0 Å². The van der Waals surface area contributed by atoms with Crippen molar-refractivity contribution < 1.29 is 14.3 Å². The Bertz CT molecular complexity index is 808. The minimum absolute atomic E-state index is 0.207. The largest absolute Gasteiger partial charge is 0.481 e. The molecule has 0 aliphatic carbocycles. The first-order valence-corrected chi connectivity index (χ1v) is 9.41. The highest BCUT2D eigenvalue weighted by Crippen LogP contribution is 2.22. The third-order valence-electron chi connectivity index (χ3n) is 4.06. The number of anilines is 1. The van der Waals surface area contributed by atoms with Crippen molar-refractivity contribution in [1.82, 2.24) is 5.32 Å². The van der Waals surface area contributed by atoms with Crippen LogP contribution in [0, 0.1) is 6.92 Å². The molecule has 0 aromatic heterocycles. The van der Waals surface area contributed by atoms with E-state index in [1.807, 2.05) is 6.92 Å². The van der Waals surface area contributed by atoms with Gasteiger partial charge in [-0.05, 0) is 56.2 Å². The molecule has 2 aromatic carbocycles. The maximum Gasteiger partial charge on any atom is 0.265 e. The fourth-order valence-electron chi connectivity index (χ4n) is 2.45. The molecule has 0 saturated heterocycles. The molecule has 0 heterocycles. The SMILES string of the molecule is CCCCNC(=O)c1ccccc1NC(=O)[C@@H](C)Oc1ccc(Cl)c(C)c1. The van der Waals surface area contributed by atoms with Crippen LogP contribution in [0.1, 0.15) is 42.6 Å². The van der Waals surface area contributed by atoms with E-state index >= 15 is 0 Å². The summed E-state index contributed by atoms with van der Waals surface area (Å²) in [4.78, 5) is 24.9. The topological polar surface area (TPSA) is 67.4 Å². The van der Waals surface area contributed by atoms with Crippen LogP contribution in [0.2, 0.25) is 5.02 Å². The van der Waals surface area contributed by atoms with Crippen LogP contribution in [0.5, 0.6) is 5.75 Å². The van der Waals surface area contributed by atoms with Crippen molar-refractivity contribution in [3.8, 4) is 5.75 Å². The molecule has 0 aliphatic heterocycles. The molecule has 0 spiro atoms. The molecule has 2 rings (SSSR count). The molecule has 2 N–H and O–H groups in total. The molecule has 0 radical (unpaired) electrons. The number of carbonyl (C=O) groups is 2. The van der Waals surface area contributed by atoms with Crippen molar-refractivity contribution in [2.75, 3.05) is 11.9 Å². The van der Waals surface area contributed by atoms with E-state index in [0.29, 0.717) is 28.6 Å². The maximum atomic E-state index is 12.5. The molecule has 27 heavy (non-hydrogen) atoms. The zero-order valence-electron chi connectivity index (χ0n) is 15.8. The van der Waals surface area contributed by atoms with Gasteiger partial charge in [0.15, 0.2) is 6.10 Å². The van der Waals surface area contributed by atoms with Gasteiger partial charge in [-0.3, -0.25) is 9.59 Å². The Kier molecular flexibility index (Phi) is 7.67. The lowest BCUT2D eigenvalue weighted by atomic mass is 10.1. The summed E-state index contributed by atoms with van der Waals surface area (Å²) in [5.41, 5.74) is 1.76. The quantitative estimate of drug-likeness (QED) is 0.650. The van der Waals surface area contributed by atoms with Gasteiger partial charge in [-0.25, -0.2) is 0 Å². The highest BCUT2D eigenvalue weighted by molar-refractivity contribution is 6.31. The lowest BCUT2D eigenvalue weighted by Crippen LogP contribution is -2.32. The second kappa shape index (κ2) is 9.97. The van der Waals surface area contributed by atoms with Gasteiger partial charge in [-0.1, -0.05) is 37.1 Å². The molecule has 2 aromatic rings. The van der Waals surface area contributed by atoms with Crippen molar-refractivity contribution in [3.63, 3.8) is 0 Å². The van der Waals surface area contributed by atoms with Crippen LogP contribution in [-0.4, -0.2) is 24.5 Å². The Labute approximate surface area is 165 Å². The molecule has 0 aliphatic rings. The number of halogens is 1. The molecule has 2 amide bonds. The van der Waals surface area contributed by atoms with Crippen molar-refractivity contribution in [1.29, 1.82) is 0 Å². The number of rotatable bonds is 8. The number of amides is 2. The molecule has 1 atom stereocenters. The van der Waals surface area contributed by atoms with Crippen LogP contribution in [0.15, 0.2) is 42.5 Å². The fraction of sp³-hybridized carbons (Fsp3) is 0.333. The Balaban J connectivity index is 2.04. The number of benzene rings is 2. The molecule has 5 nitrogen and oxygen atoms in total. The average Bonchev–Trinajstić information content (AvgIpc) is 2.65. The second-order valence-electron chi connectivity index (χ2n) is 6.32. The molecule has 0 saturated carbocycles. The van der Waals surface area contributed by atoms with E-state index in [1.165, 1.54) is 0 Å². The highest BCUT2D eigenvalue weighted by Gasteiger charge is 2.18. The minimum atomic E-state index is -0.734. The lowest BCUT2D eigenvalue weighted by Gasteiger charge is -2.17. The van der Waals surface area contributed by atoms with Gasteiger partial charge < -0.3 is 15.4 Å². The fourth-order valence-corrected chi connectivity index (χ4v) is 2.56. The molecular formula is C21H25ClN2O3. The van der Waals surface area contributed by atoms with E-state index in [4.69, 9.17) is 16.3 Å². The second-order valence-corrected chi connectivity index (χ2v) is 6.72. The number of carbonyl (C=O) groups excluding carboxylic acids is 2. The van der Waals surface area contributed by atoms with E-state index < -0.39 is 6.10 Å². The summed E-state index contributed by atoms with van der Waals surface area (Å²) in [6, 6.07) is 12.1. The zero-order valence-corrected chi connectivity index (χ0v) is 16.6. The molecule has 0 bridgehead atoms. The average molecular weight is 389 g/mol. The molecule has 0 unspecified atom stereocenters. The molecule has 6 heteroatoms. The monoisotopic (exact) mass is 388 g/mol. The minimum Gasteiger partial charge on any atom is -0.481 e. The van der Waals surface area contributed by atoms with E-state index in [9.17, 15) is 9.59 Å². The third kappa shape index (κ3) is 6.00. The Hall–Kier alpha value is -2.53. The molecule has 144 valence electrons. The van der Waals surface area contributed by atoms with Crippen molar-refractivity contribution in [3.05, 3.63) is 58.6 Å². The van der Waals surface area contributed by atoms with Crippen molar-refractivity contribution in [2.24, 2.45) is 0 Å². The van der Waals surface area contributed by atoms with Crippen molar-refractivity contribution >= 4 is 29.1 Å². The first-order chi connectivity index (χ1) is 12.9. The summed E-state index contributed by atoms with van der Waals surface area (Å²) in [6.45, 7) is 6.19. The van der Waals surface area contributed by atoms with Gasteiger partial charge in [0.2, 0.25) is 0 Å². The van der Waals surface area contributed by atoms with Gasteiger partial charge in [0.1, 0.15) is 5.75 Å².